The van der Waals surface area contributed by atoms with Crippen molar-refractivity contribution >= 4 is 23.5 Å². The summed E-state index contributed by atoms with van der Waals surface area (Å²) in [6.45, 7) is 3.74. The quantitative estimate of drug-likeness (QED) is 0.573. The summed E-state index contributed by atoms with van der Waals surface area (Å²) in [6.07, 6.45) is 3.70. The molecule has 1 heterocycles. The number of hydrogen-bond acceptors (Lipinski definition) is 4. The number of amides is 2. The maximum atomic E-state index is 13.1. The molecule has 1 saturated heterocycles. The second-order valence-corrected chi connectivity index (χ2v) is 8.96. The van der Waals surface area contributed by atoms with Gasteiger partial charge in [0.25, 0.3) is 0 Å². The van der Waals surface area contributed by atoms with Gasteiger partial charge in [0, 0.05) is 24.7 Å². The molecule has 2 amide bonds. The fraction of sp³-hybridized carbons (Fsp3) is 0.444. The summed E-state index contributed by atoms with van der Waals surface area (Å²) in [5.41, 5.74) is 2.77. The SMILES string of the molecule is CCOC(=O)[C@@H]1CCCN(C(=O)Cc2cccc(N(Cc3ccccc3)C(=O)C3CC3)c2)C1. The van der Waals surface area contributed by atoms with Crippen LogP contribution in [0, 0.1) is 11.8 Å². The van der Waals surface area contributed by atoms with Crippen molar-refractivity contribution in [2.45, 2.75) is 45.6 Å². The number of benzene rings is 2. The smallest absolute Gasteiger partial charge is 0.310 e. The molecule has 2 fully saturated rings. The number of hydrogen-bond donors (Lipinski definition) is 0. The third-order valence-electron chi connectivity index (χ3n) is 6.35. The highest BCUT2D eigenvalue weighted by Crippen LogP contribution is 2.34. The normalized spacial score (nSPS) is 18.0. The first-order chi connectivity index (χ1) is 16.0. The predicted octanol–water partition coefficient (Wildman–Crippen LogP) is 3.97. The number of rotatable bonds is 8. The van der Waals surface area contributed by atoms with E-state index in [0.29, 0.717) is 26.2 Å². The Bertz CT molecular complexity index is 987. The van der Waals surface area contributed by atoms with E-state index in [4.69, 9.17) is 4.74 Å². The number of likely N-dealkylation sites (tertiary alicyclic amines) is 1. The standard InChI is InChI=1S/C27H32N2O4/c1-2-33-27(32)23-11-7-15-28(19-23)25(30)17-21-10-6-12-24(16-21)29(26(31)22-13-14-22)18-20-8-4-3-5-9-20/h3-6,8-10,12,16,22-23H,2,7,11,13-15,17-19H2,1H3/t23-/m1/s1. The summed E-state index contributed by atoms with van der Waals surface area (Å²) in [5.74, 6) is -0.203. The van der Waals surface area contributed by atoms with E-state index in [9.17, 15) is 14.4 Å². The first kappa shape index (κ1) is 23.0. The highest BCUT2D eigenvalue weighted by Gasteiger charge is 2.34. The molecule has 1 aliphatic heterocycles. The number of carbonyl (C=O) groups is 3. The highest BCUT2D eigenvalue weighted by molar-refractivity contribution is 5.96. The van der Waals surface area contributed by atoms with Gasteiger partial charge in [-0.3, -0.25) is 14.4 Å². The molecule has 6 nitrogen and oxygen atoms in total. The molecule has 0 spiro atoms. The van der Waals surface area contributed by atoms with Gasteiger partial charge in [0.2, 0.25) is 11.8 Å². The zero-order valence-electron chi connectivity index (χ0n) is 19.2. The van der Waals surface area contributed by atoms with E-state index in [2.05, 4.69) is 0 Å². The summed E-state index contributed by atoms with van der Waals surface area (Å²) in [4.78, 5) is 41.8. The first-order valence-corrected chi connectivity index (χ1v) is 11.9. The minimum absolute atomic E-state index is 0.00396. The molecule has 6 heteroatoms. The lowest BCUT2D eigenvalue weighted by atomic mass is 9.97. The van der Waals surface area contributed by atoms with E-state index in [1.165, 1.54) is 0 Å². The lowest BCUT2D eigenvalue weighted by molar-refractivity contribution is -0.151. The van der Waals surface area contributed by atoms with Crippen molar-refractivity contribution < 1.29 is 19.1 Å². The van der Waals surface area contributed by atoms with E-state index in [-0.39, 0.29) is 36.0 Å². The molecule has 1 aliphatic carbocycles. The van der Waals surface area contributed by atoms with Crippen molar-refractivity contribution in [3.05, 3.63) is 65.7 Å². The van der Waals surface area contributed by atoms with Gasteiger partial charge in [-0.15, -0.1) is 0 Å². The second kappa shape index (κ2) is 10.6. The Hall–Kier alpha value is -3.15. The Morgan fingerprint density at radius 3 is 2.45 bits per heavy atom. The Morgan fingerprint density at radius 2 is 1.73 bits per heavy atom. The van der Waals surface area contributed by atoms with Gasteiger partial charge < -0.3 is 14.5 Å². The van der Waals surface area contributed by atoms with Crippen LogP contribution in [0.25, 0.3) is 0 Å². The number of nitrogens with zero attached hydrogens (tertiary/aromatic N) is 2. The number of piperidine rings is 1. The minimum Gasteiger partial charge on any atom is -0.466 e. The van der Waals surface area contributed by atoms with Crippen LogP contribution in [0.4, 0.5) is 5.69 Å². The Labute approximate surface area is 195 Å². The molecule has 1 saturated carbocycles. The van der Waals surface area contributed by atoms with Gasteiger partial charge in [0.15, 0.2) is 0 Å². The number of carbonyl (C=O) groups excluding carboxylic acids is 3. The van der Waals surface area contributed by atoms with Crippen molar-refractivity contribution in [2.24, 2.45) is 11.8 Å². The lowest BCUT2D eigenvalue weighted by Gasteiger charge is -2.31. The van der Waals surface area contributed by atoms with Crippen LogP contribution in [0.5, 0.6) is 0 Å². The Kier molecular flexibility index (Phi) is 7.43. The molecular formula is C27H32N2O4. The van der Waals surface area contributed by atoms with Crippen molar-refractivity contribution in [3.63, 3.8) is 0 Å². The summed E-state index contributed by atoms with van der Waals surface area (Å²) in [5, 5.41) is 0. The lowest BCUT2D eigenvalue weighted by Crippen LogP contribution is -2.43. The molecule has 174 valence electrons. The average molecular weight is 449 g/mol. The molecule has 1 atom stereocenters. The van der Waals surface area contributed by atoms with Gasteiger partial charge in [0.1, 0.15) is 0 Å². The van der Waals surface area contributed by atoms with Gasteiger partial charge in [-0.25, -0.2) is 0 Å². The molecule has 0 bridgehead atoms. The fourth-order valence-electron chi connectivity index (χ4n) is 4.39. The minimum atomic E-state index is -0.244. The van der Waals surface area contributed by atoms with Crippen LogP contribution in [0.3, 0.4) is 0 Å². The van der Waals surface area contributed by atoms with Crippen LogP contribution in [0.15, 0.2) is 54.6 Å². The molecular weight excluding hydrogens is 416 g/mol. The van der Waals surface area contributed by atoms with Crippen LogP contribution in [0.2, 0.25) is 0 Å². The average Bonchev–Trinajstić information content (AvgIpc) is 3.69. The van der Waals surface area contributed by atoms with Crippen molar-refractivity contribution in [2.75, 3.05) is 24.6 Å². The number of anilines is 1. The van der Waals surface area contributed by atoms with Gasteiger partial charge in [-0.1, -0.05) is 42.5 Å². The summed E-state index contributed by atoms with van der Waals surface area (Å²) in [6, 6.07) is 17.7. The maximum absolute atomic E-state index is 13.1. The molecule has 2 aliphatic rings. The second-order valence-electron chi connectivity index (χ2n) is 8.96. The first-order valence-electron chi connectivity index (χ1n) is 11.9. The molecule has 33 heavy (non-hydrogen) atoms. The third-order valence-corrected chi connectivity index (χ3v) is 6.35. The van der Waals surface area contributed by atoms with Gasteiger partial charge in [-0.2, -0.15) is 0 Å². The van der Waals surface area contributed by atoms with Crippen molar-refractivity contribution in [1.82, 2.24) is 4.90 Å². The molecule has 2 aromatic rings. The maximum Gasteiger partial charge on any atom is 0.310 e. The highest BCUT2D eigenvalue weighted by atomic mass is 16.5. The van der Waals surface area contributed by atoms with Crippen LogP contribution in [-0.2, 0) is 32.1 Å². The van der Waals surface area contributed by atoms with Gasteiger partial charge in [-0.05, 0) is 55.9 Å². The zero-order valence-corrected chi connectivity index (χ0v) is 19.2. The van der Waals surface area contributed by atoms with Crippen molar-refractivity contribution in [1.29, 1.82) is 0 Å². The molecule has 0 radical (unpaired) electrons. The zero-order chi connectivity index (χ0) is 23.2. The van der Waals surface area contributed by atoms with Crippen LogP contribution in [-0.4, -0.2) is 42.4 Å². The molecule has 0 aromatic heterocycles. The number of ether oxygens (including phenoxy) is 1. The molecule has 0 N–H and O–H groups in total. The summed E-state index contributed by atoms with van der Waals surface area (Å²) >= 11 is 0. The van der Waals surface area contributed by atoms with Gasteiger partial charge >= 0.3 is 5.97 Å². The van der Waals surface area contributed by atoms with E-state index in [0.717, 1.165) is 42.5 Å². The Morgan fingerprint density at radius 1 is 0.970 bits per heavy atom. The van der Waals surface area contributed by atoms with Crippen molar-refractivity contribution in [3.8, 4) is 0 Å². The van der Waals surface area contributed by atoms with E-state index in [1.54, 1.807) is 11.8 Å². The third kappa shape index (κ3) is 6.01. The van der Waals surface area contributed by atoms with E-state index >= 15 is 0 Å². The van der Waals surface area contributed by atoms with E-state index in [1.807, 2.05) is 59.5 Å². The van der Waals surface area contributed by atoms with Crippen LogP contribution in [0.1, 0.15) is 43.7 Å². The molecule has 2 aromatic carbocycles. The predicted molar refractivity (Wildman–Crippen MR) is 126 cm³/mol. The van der Waals surface area contributed by atoms with Crippen LogP contribution >= 0.6 is 0 Å². The number of esters is 1. The Balaban J connectivity index is 1.46. The molecule has 4 rings (SSSR count). The van der Waals surface area contributed by atoms with Gasteiger partial charge in [0.05, 0.1) is 25.5 Å². The fourth-order valence-corrected chi connectivity index (χ4v) is 4.39. The topological polar surface area (TPSA) is 66.9 Å². The van der Waals surface area contributed by atoms with Crippen LogP contribution < -0.4 is 4.90 Å². The largest absolute Gasteiger partial charge is 0.466 e. The monoisotopic (exact) mass is 448 g/mol. The molecule has 0 unspecified atom stereocenters. The van der Waals surface area contributed by atoms with E-state index < -0.39 is 0 Å². The summed E-state index contributed by atoms with van der Waals surface area (Å²) in [7, 11) is 0. The summed E-state index contributed by atoms with van der Waals surface area (Å²) < 4.78 is 5.15.